The third-order valence-corrected chi connectivity index (χ3v) is 5.13. The van der Waals surface area contributed by atoms with Crippen molar-refractivity contribution in [1.29, 1.82) is 0 Å². The average molecular weight is 335 g/mol. The average Bonchev–Trinajstić information content (AvgIpc) is 3.25. The van der Waals surface area contributed by atoms with Crippen LogP contribution in [0.1, 0.15) is 25.3 Å². The van der Waals surface area contributed by atoms with E-state index in [9.17, 15) is 0 Å². The Kier molecular flexibility index (Phi) is 4.90. The van der Waals surface area contributed by atoms with Gasteiger partial charge in [0.2, 0.25) is 5.13 Å². The van der Waals surface area contributed by atoms with Crippen molar-refractivity contribution in [1.82, 2.24) is 14.7 Å². The summed E-state index contributed by atoms with van der Waals surface area (Å²) >= 11 is 6.99. The second-order valence-electron chi connectivity index (χ2n) is 5.92. The first-order chi connectivity index (χ1) is 10.6. The Morgan fingerprint density at radius 3 is 2.73 bits per heavy atom. The molecule has 0 aliphatic heterocycles. The van der Waals surface area contributed by atoms with Gasteiger partial charge < -0.3 is 5.32 Å². The molecule has 0 radical (unpaired) electrons. The van der Waals surface area contributed by atoms with Crippen LogP contribution in [0.15, 0.2) is 24.3 Å². The fraction of sp³-hybridized carbons (Fsp3) is 0.500. The van der Waals surface area contributed by atoms with Gasteiger partial charge >= 0.3 is 0 Å². The number of benzene rings is 1. The fourth-order valence-electron chi connectivity index (χ4n) is 2.35. The van der Waals surface area contributed by atoms with Crippen molar-refractivity contribution in [3.8, 4) is 0 Å². The smallest absolute Gasteiger partial charge is 0.209 e. The third kappa shape index (κ3) is 4.15. The largest absolute Gasteiger partial charge is 0.330 e. The van der Waals surface area contributed by atoms with Crippen LogP contribution < -0.4 is 5.32 Å². The Balaban J connectivity index is 1.67. The third-order valence-electron chi connectivity index (χ3n) is 3.90. The Hall–Kier alpha value is -1.24. The van der Waals surface area contributed by atoms with Crippen molar-refractivity contribution >= 4 is 34.4 Å². The molecule has 0 amide bonds. The van der Waals surface area contributed by atoms with E-state index in [-0.39, 0.29) is 0 Å². The molecule has 0 bridgehead atoms. The van der Waals surface area contributed by atoms with E-state index < -0.39 is 0 Å². The van der Waals surface area contributed by atoms with Crippen LogP contribution >= 0.6 is 23.6 Å². The second kappa shape index (κ2) is 6.89. The molecule has 1 aliphatic rings. The number of hydrogen-bond acceptors (Lipinski definition) is 5. The van der Waals surface area contributed by atoms with Crippen molar-refractivity contribution in [2.75, 3.05) is 18.4 Å². The molecule has 4 nitrogen and oxygen atoms in total. The molecule has 0 unspecified atom stereocenters. The summed E-state index contributed by atoms with van der Waals surface area (Å²) in [4.78, 5) is 2.42. The van der Waals surface area contributed by atoms with E-state index >= 15 is 0 Å². The Bertz CT molecular complexity index is 670. The molecule has 3 rings (SSSR count). The van der Waals surface area contributed by atoms with Crippen LogP contribution in [0, 0.1) is 16.8 Å². The van der Waals surface area contributed by atoms with Gasteiger partial charge in [-0.1, -0.05) is 36.0 Å². The van der Waals surface area contributed by atoms with Crippen LogP contribution in [0.3, 0.4) is 0 Å². The molecule has 0 atom stereocenters. The predicted octanol–water partition coefficient (Wildman–Crippen LogP) is 4.42. The molecule has 1 aliphatic carbocycles. The zero-order valence-corrected chi connectivity index (χ0v) is 14.7. The van der Waals surface area contributed by atoms with Gasteiger partial charge in [0, 0.05) is 12.2 Å². The van der Waals surface area contributed by atoms with Crippen LogP contribution in [-0.4, -0.2) is 27.8 Å². The lowest BCUT2D eigenvalue weighted by molar-refractivity contribution is 0.208. The molecule has 22 heavy (non-hydrogen) atoms. The summed E-state index contributed by atoms with van der Waals surface area (Å²) in [6.45, 7) is 7.27. The number of rotatable bonds is 7. The van der Waals surface area contributed by atoms with Gasteiger partial charge in [-0.05, 0) is 56.6 Å². The van der Waals surface area contributed by atoms with Gasteiger partial charge in [0.05, 0.1) is 6.67 Å². The van der Waals surface area contributed by atoms with Crippen molar-refractivity contribution in [2.45, 2.75) is 33.4 Å². The van der Waals surface area contributed by atoms with E-state index in [0.717, 1.165) is 40.4 Å². The summed E-state index contributed by atoms with van der Waals surface area (Å²) in [6.07, 6.45) is 2.75. The van der Waals surface area contributed by atoms with Crippen LogP contribution in [-0.2, 0) is 6.67 Å². The van der Waals surface area contributed by atoms with Gasteiger partial charge in [0.1, 0.15) is 0 Å². The Morgan fingerprint density at radius 1 is 1.36 bits per heavy atom. The van der Waals surface area contributed by atoms with Crippen molar-refractivity contribution in [3.63, 3.8) is 0 Å². The molecule has 1 fully saturated rings. The zero-order chi connectivity index (χ0) is 15.5. The van der Waals surface area contributed by atoms with Gasteiger partial charge in [-0.25, -0.2) is 4.68 Å². The van der Waals surface area contributed by atoms with E-state index in [1.165, 1.54) is 29.7 Å². The summed E-state index contributed by atoms with van der Waals surface area (Å²) in [6, 6.07) is 8.31. The summed E-state index contributed by atoms with van der Waals surface area (Å²) in [7, 11) is 0. The molecule has 1 saturated carbocycles. The van der Waals surface area contributed by atoms with E-state index in [4.69, 9.17) is 12.2 Å². The minimum absolute atomic E-state index is 0.790. The van der Waals surface area contributed by atoms with Crippen LogP contribution in [0.5, 0.6) is 0 Å². The van der Waals surface area contributed by atoms with E-state index in [2.05, 4.69) is 53.4 Å². The minimum atomic E-state index is 0.790. The van der Waals surface area contributed by atoms with Crippen molar-refractivity contribution < 1.29 is 0 Å². The first kappa shape index (κ1) is 15.6. The topological polar surface area (TPSA) is 33.1 Å². The quantitative estimate of drug-likeness (QED) is 0.760. The number of nitrogens with zero attached hydrogens (tertiary/aromatic N) is 3. The molecule has 118 valence electrons. The van der Waals surface area contributed by atoms with Gasteiger partial charge in [-0.15, -0.1) is 5.10 Å². The summed E-state index contributed by atoms with van der Waals surface area (Å²) < 4.78 is 2.76. The molecular weight excluding hydrogens is 312 g/mol. The van der Waals surface area contributed by atoms with Crippen LogP contribution in [0.25, 0.3) is 0 Å². The van der Waals surface area contributed by atoms with Gasteiger partial charge in [0.15, 0.2) is 3.95 Å². The Labute approximate surface area is 140 Å². The standard InChI is InChI=1S/C16H22N4S2/c1-3-19(10-13-6-7-13)11-20-16(21)22-15(18-20)17-14-8-4-12(2)5-9-14/h4-5,8-9,13H,3,6-7,10-11H2,1-2H3,(H,17,18). The van der Waals surface area contributed by atoms with Crippen LogP contribution in [0.2, 0.25) is 0 Å². The molecule has 1 aromatic heterocycles. The zero-order valence-electron chi connectivity index (χ0n) is 13.1. The molecule has 0 spiro atoms. The summed E-state index contributed by atoms with van der Waals surface area (Å²) in [5.41, 5.74) is 2.30. The molecule has 1 N–H and O–H groups in total. The maximum atomic E-state index is 5.46. The van der Waals surface area contributed by atoms with E-state index in [1.807, 2.05) is 4.68 Å². The van der Waals surface area contributed by atoms with Gasteiger partial charge in [-0.3, -0.25) is 4.90 Å². The minimum Gasteiger partial charge on any atom is -0.330 e. The van der Waals surface area contributed by atoms with Gasteiger partial charge in [0.25, 0.3) is 0 Å². The van der Waals surface area contributed by atoms with Gasteiger partial charge in [-0.2, -0.15) is 0 Å². The highest BCUT2D eigenvalue weighted by atomic mass is 32.1. The molecule has 1 aromatic carbocycles. The SMILES string of the molecule is CCN(CC1CC1)Cn1nc(Nc2ccc(C)cc2)sc1=S. The highest BCUT2D eigenvalue weighted by molar-refractivity contribution is 7.73. The lowest BCUT2D eigenvalue weighted by Gasteiger charge is -2.19. The number of anilines is 2. The highest BCUT2D eigenvalue weighted by Gasteiger charge is 2.24. The van der Waals surface area contributed by atoms with Crippen molar-refractivity contribution in [3.05, 3.63) is 33.8 Å². The molecular formula is C16H22N4S2. The first-order valence-electron chi connectivity index (χ1n) is 7.78. The maximum Gasteiger partial charge on any atom is 0.209 e. The molecule has 6 heteroatoms. The molecule has 0 saturated heterocycles. The van der Waals surface area contributed by atoms with Crippen LogP contribution in [0.4, 0.5) is 10.8 Å². The van der Waals surface area contributed by atoms with E-state index in [0.29, 0.717) is 0 Å². The predicted molar refractivity (Wildman–Crippen MR) is 95.4 cm³/mol. The Morgan fingerprint density at radius 2 is 2.09 bits per heavy atom. The molecule has 2 aromatic rings. The maximum absolute atomic E-state index is 5.46. The van der Waals surface area contributed by atoms with Crippen molar-refractivity contribution in [2.24, 2.45) is 5.92 Å². The number of aromatic nitrogens is 2. The van der Waals surface area contributed by atoms with E-state index in [1.54, 1.807) is 0 Å². The first-order valence-corrected chi connectivity index (χ1v) is 9.00. The molecule has 1 heterocycles. The lowest BCUT2D eigenvalue weighted by Crippen LogP contribution is -2.28. The normalized spacial score (nSPS) is 14.5. The fourth-order valence-corrected chi connectivity index (χ4v) is 3.36. The monoisotopic (exact) mass is 334 g/mol. The summed E-state index contributed by atoms with van der Waals surface area (Å²) in [5.74, 6) is 0.887. The highest BCUT2D eigenvalue weighted by Crippen LogP contribution is 2.30. The lowest BCUT2D eigenvalue weighted by atomic mass is 10.2. The number of hydrogen-bond donors (Lipinski definition) is 1. The summed E-state index contributed by atoms with van der Waals surface area (Å²) in [5, 5.41) is 8.82. The number of aryl methyl sites for hydroxylation is 1. The number of nitrogens with one attached hydrogen (secondary N) is 1. The second-order valence-corrected chi connectivity index (χ2v) is 7.54.